The van der Waals surface area contributed by atoms with Crippen LogP contribution in [0.3, 0.4) is 0 Å². The van der Waals surface area contributed by atoms with E-state index in [0.29, 0.717) is 19.6 Å². The molecule has 2 aliphatic rings. The van der Waals surface area contributed by atoms with Gasteiger partial charge >= 0.3 is 5.97 Å². The summed E-state index contributed by atoms with van der Waals surface area (Å²) in [6, 6.07) is 4.19. The number of halogens is 1. The van der Waals surface area contributed by atoms with Crippen LogP contribution < -0.4 is 4.74 Å². The number of likely N-dealkylation sites (tertiary alicyclic amines) is 1. The average Bonchev–Trinajstić information content (AvgIpc) is 2.97. The van der Waals surface area contributed by atoms with E-state index >= 15 is 0 Å². The van der Waals surface area contributed by atoms with Crippen molar-refractivity contribution in [3.63, 3.8) is 0 Å². The lowest BCUT2D eigenvalue weighted by Crippen LogP contribution is -2.45. The van der Waals surface area contributed by atoms with Gasteiger partial charge in [0.1, 0.15) is 0 Å². The molecule has 2 fully saturated rings. The number of hydrogen-bond acceptors (Lipinski definition) is 4. The Morgan fingerprint density at radius 1 is 1.50 bits per heavy atom. The molecule has 2 aliphatic heterocycles. The van der Waals surface area contributed by atoms with E-state index in [1.807, 2.05) is 0 Å². The van der Waals surface area contributed by atoms with Crippen molar-refractivity contribution >= 4 is 11.9 Å². The third-order valence-corrected chi connectivity index (χ3v) is 4.91. The predicted molar refractivity (Wildman–Crippen MR) is 82.5 cm³/mol. The molecular weight excluding hydrogens is 317 g/mol. The van der Waals surface area contributed by atoms with E-state index in [1.165, 1.54) is 23.1 Å². The monoisotopic (exact) mass is 337 g/mol. The topological polar surface area (TPSA) is 76.1 Å². The normalized spacial score (nSPS) is 26.1. The molecule has 1 aromatic carbocycles. The summed E-state index contributed by atoms with van der Waals surface area (Å²) >= 11 is 0. The van der Waals surface area contributed by atoms with Crippen LogP contribution >= 0.6 is 0 Å². The maximum Gasteiger partial charge on any atom is 0.311 e. The zero-order valence-electron chi connectivity index (χ0n) is 13.5. The molecule has 24 heavy (non-hydrogen) atoms. The minimum Gasteiger partial charge on any atom is -0.490 e. The summed E-state index contributed by atoms with van der Waals surface area (Å²) in [7, 11) is 0. The Hall–Kier alpha value is -2.15. The number of carboxylic acid groups (broad SMARTS) is 1. The standard InChI is InChI=1S/C17H20FNO5/c1-2-24-14-12(4-3-5-13(14)18)15(20)19-8-11-9-23-7-6-17(11,10-19)16(21)22/h3-5,11H,2,6-10H2,1H3,(H,21,22)/t11-,17+/m0/s1. The molecule has 1 amide bonds. The second kappa shape index (κ2) is 6.39. The molecule has 0 aromatic heterocycles. The molecule has 3 rings (SSSR count). The Bertz CT molecular complexity index is 664. The van der Waals surface area contributed by atoms with Gasteiger partial charge in [-0.05, 0) is 25.5 Å². The largest absolute Gasteiger partial charge is 0.490 e. The summed E-state index contributed by atoms with van der Waals surface area (Å²) in [4.78, 5) is 26.1. The minimum atomic E-state index is -0.979. The van der Waals surface area contributed by atoms with Crippen LogP contribution in [0.2, 0.25) is 0 Å². The molecule has 0 bridgehead atoms. The van der Waals surface area contributed by atoms with Crippen molar-refractivity contribution in [3.05, 3.63) is 29.6 Å². The number of carboxylic acids is 1. The van der Waals surface area contributed by atoms with Gasteiger partial charge in [0.15, 0.2) is 11.6 Å². The minimum absolute atomic E-state index is 0.0829. The first kappa shape index (κ1) is 16.7. The lowest BCUT2D eigenvalue weighted by molar-refractivity contribution is -0.157. The fourth-order valence-corrected chi connectivity index (χ4v) is 3.59. The number of nitrogens with zero attached hydrogens (tertiary/aromatic N) is 1. The Morgan fingerprint density at radius 3 is 2.96 bits per heavy atom. The van der Waals surface area contributed by atoms with Crippen molar-refractivity contribution in [1.82, 2.24) is 4.90 Å². The highest BCUT2D eigenvalue weighted by molar-refractivity contribution is 5.97. The quantitative estimate of drug-likeness (QED) is 0.906. The van der Waals surface area contributed by atoms with Crippen molar-refractivity contribution in [2.45, 2.75) is 13.3 Å². The van der Waals surface area contributed by atoms with Crippen molar-refractivity contribution in [2.24, 2.45) is 11.3 Å². The highest BCUT2D eigenvalue weighted by Crippen LogP contribution is 2.43. The maximum absolute atomic E-state index is 14.0. The Labute approximate surface area is 139 Å². The van der Waals surface area contributed by atoms with Crippen LogP contribution in [0.5, 0.6) is 5.75 Å². The summed E-state index contributed by atoms with van der Waals surface area (Å²) in [5.41, 5.74) is -0.857. The zero-order chi connectivity index (χ0) is 17.3. The van der Waals surface area contributed by atoms with E-state index in [-0.39, 0.29) is 36.9 Å². The number of hydrogen-bond donors (Lipinski definition) is 1. The molecule has 1 aromatic rings. The van der Waals surface area contributed by atoms with E-state index in [1.54, 1.807) is 6.92 Å². The van der Waals surface area contributed by atoms with Gasteiger partial charge < -0.3 is 19.5 Å². The van der Waals surface area contributed by atoms with Gasteiger partial charge in [0, 0.05) is 25.6 Å². The van der Waals surface area contributed by atoms with Crippen molar-refractivity contribution in [2.75, 3.05) is 32.9 Å². The van der Waals surface area contributed by atoms with E-state index in [4.69, 9.17) is 9.47 Å². The summed E-state index contributed by atoms with van der Waals surface area (Å²) < 4.78 is 24.6. The van der Waals surface area contributed by atoms with Gasteiger partial charge in [0.05, 0.1) is 24.2 Å². The van der Waals surface area contributed by atoms with Crippen LogP contribution in [0.25, 0.3) is 0 Å². The van der Waals surface area contributed by atoms with Crippen molar-refractivity contribution < 1.29 is 28.6 Å². The third-order valence-electron chi connectivity index (χ3n) is 4.91. The van der Waals surface area contributed by atoms with Crippen molar-refractivity contribution in [3.8, 4) is 5.75 Å². The molecule has 2 saturated heterocycles. The van der Waals surface area contributed by atoms with E-state index in [2.05, 4.69) is 0 Å². The number of rotatable bonds is 4. The number of aliphatic carboxylic acids is 1. The van der Waals surface area contributed by atoms with Crippen LogP contribution in [0.15, 0.2) is 18.2 Å². The molecule has 0 saturated carbocycles. The van der Waals surface area contributed by atoms with Crippen LogP contribution in [0.1, 0.15) is 23.7 Å². The Morgan fingerprint density at radius 2 is 2.29 bits per heavy atom. The molecule has 6 nitrogen and oxygen atoms in total. The molecule has 0 unspecified atom stereocenters. The molecular formula is C17H20FNO5. The third kappa shape index (κ3) is 2.62. The van der Waals surface area contributed by atoms with Gasteiger partial charge in [-0.2, -0.15) is 0 Å². The van der Waals surface area contributed by atoms with Crippen LogP contribution in [0.4, 0.5) is 4.39 Å². The number of carbonyl (C=O) groups excluding carboxylic acids is 1. The molecule has 1 N–H and O–H groups in total. The fourth-order valence-electron chi connectivity index (χ4n) is 3.59. The second-order valence-electron chi connectivity index (χ2n) is 6.22. The van der Waals surface area contributed by atoms with Gasteiger partial charge in [0.25, 0.3) is 5.91 Å². The van der Waals surface area contributed by atoms with Crippen molar-refractivity contribution in [1.29, 1.82) is 0 Å². The van der Waals surface area contributed by atoms with Gasteiger partial charge in [0.2, 0.25) is 0 Å². The maximum atomic E-state index is 14.0. The molecule has 2 heterocycles. The van der Waals surface area contributed by atoms with Gasteiger partial charge in [-0.1, -0.05) is 6.07 Å². The smallest absolute Gasteiger partial charge is 0.311 e. The lowest BCUT2D eigenvalue weighted by atomic mass is 9.74. The molecule has 7 heteroatoms. The van der Waals surface area contributed by atoms with E-state index in [0.717, 1.165) is 0 Å². The van der Waals surface area contributed by atoms with Gasteiger partial charge in [-0.25, -0.2) is 4.39 Å². The number of fused-ring (bicyclic) bond motifs is 1. The molecule has 0 aliphatic carbocycles. The first-order chi connectivity index (χ1) is 11.5. The van der Waals surface area contributed by atoms with Gasteiger partial charge in [-0.15, -0.1) is 0 Å². The van der Waals surface area contributed by atoms with Crippen LogP contribution in [-0.2, 0) is 9.53 Å². The number of benzene rings is 1. The highest BCUT2D eigenvalue weighted by atomic mass is 19.1. The van der Waals surface area contributed by atoms with E-state index in [9.17, 15) is 19.1 Å². The van der Waals surface area contributed by atoms with Crippen LogP contribution in [-0.4, -0.2) is 54.8 Å². The first-order valence-electron chi connectivity index (χ1n) is 8.01. The lowest BCUT2D eigenvalue weighted by Gasteiger charge is -2.33. The SMILES string of the molecule is CCOc1c(F)cccc1C(=O)N1C[C@H]2COCC[C@@]2(C(=O)O)C1. The van der Waals surface area contributed by atoms with Crippen LogP contribution in [0, 0.1) is 17.2 Å². The summed E-state index contributed by atoms with van der Waals surface area (Å²) in [6.45, 7) is 3.02. The number of carbonyl (C=O) groups is 2. The average molecular weight is 337 g/mol. The number of amides is 1. The highest BCUT2D eigenvalue weighted by Gasteiger charge is 2.55. The van der Waals surface area contributed by atoms with Gasteiger partial charge in [-0.3, -0.25) is 9.59 Å². The summed E-state index contributed by atoms with van der Waals surface area (Å²) in [5, 5.41) is 9.67. The molecule has 0 radical (unpaired) electrons. The summed E-state index contributed by atoms with van der Waals surface area (Å²) in [6.07, 6.45) is 0.373. The molecule has 0 spiro atoms. The molecule has 130 valence electrons. The molecule has 2 atom stereocenters. The number of ether oxygens (including phenoxy) is 2. The zero-order valence-corrected chi connectivity index (χ0v) is 13.5. The second-order valence-corrected chi connectivity index (χ2v) is 6.22. The Kier molecular flexibility index (Phi) is 4.45. The summed E-state index contributed by atoms with van der Waals surface area (Å²) in [5.74, 6) is -2.25. The predicted octanol–water partition coefficient (Wildman–Crippen LogP) is 1.79. The first-order valence-corrected chi connectivity index (χ1v) is 8.01. The Balaban J connectivity index is 1.90. The van der Waals surface area contributed by atoms with E-state index < -0.39 is 23.1 Å². The number of para-hydroxylation sites is 1. The fraction of sp³-hybridized carbons (Fsp3) is 0.529.